The second-order valence-corrected chi connectivity index (χ2v) is 4.28. The van der Waals surface area contributed by atoms with Crippen LogP contribution in [0, 0.1) is 5.82 Å². The Morgan fingerprint density at radius 1 is 1.10 bits per heavy atom. The van der Waals surface area contributed by atoms with Gasteiger partial charge in [0.25, 0.3) is 0 Å². The second-order valence-electron chi connectivity index (χ2n) is 3.87. The lowest BCUT2D eigenvalue weighted by Crippen LogP contribution is -2.39. The van der Waals surface area contributed by atoms with Crippen molar-refractivity contribution in [3.63, 3.8) is 0 Å². The zero-order valence-electron chi connectivity index (χ0n) is 9.77. The SMILES string of the molecule is Cl.N[C@@H](c1cc(C(F)(F)F)cc(Cl)c1F)[C@H](O)C(F)(F)F. The maximum Gasteiger partial charge on any atom is 0.416 e. The Hall–Kier alpha value is -0.770. The highest BCUT2D eigenvalue weighted by atomic mass is 35.5. The quantitative estimate of drug-likeness (QED) is 0.786. The molecule has 0 saturated carbocycles. The van der Waals surface area contributed by atoms with Gasteiger partial charge in [0.15, 0.2) is 6.10 Å². The number of alkyl halides is 6. The van der Waals surface area contributed by atoms with Gasteiger partial charge in [0.05, 0.1) is 16.6 Å². The molecule has 0 fully saturated rings. The summed E-state index contributed by atoms with van der Waals surface area (Å²) in [5.41, 5.74) is 2.33. The van der Waals surface area contributed by atoms with E-state index >= 15 is 0 Å². The molecule has 0 unspecified atom stereocenters. The van der Waals surface area contributed by atoms with Crippen LogP contribution in [0.25, 0.3) is 0 Å². The number of benzene rings is 1. The van der Waals surface area contributed by atoms with Crippen molar-refractivity contribution in [2.24, 2.45) is 5.73 Å². The van der Waals surface area contributed by atoms with Gasteiger partial charge in [-0.15, -0.1) is 12.4 Å². The van der Waals surface area contributed by atoms with E-state index in [-0.39, 0.29) is 24.5 Å². The molecule has 1 rings (SSSR count). The van der Waals surface area contributed by atoms with E-state index in [2.05, 4.69) is 0 Å². The number of aliphatic hydroxyl groups excluding tert-OH is 1. The van der Waals surface area contributed by atoms with Crippen molar-refractivity contribution in [3.05, 3.63) is 34.1 Å². The van der Waals surface area contributed by atoms with Crippen LogP contribution < -0.4 is 5.73 Å². The summed E-state index contributed by atoms with van der Waals surface area (Å²) >= 11 is 5.19. The number of rotatable bonds is 2. The zero-order chi connectivity index (χ0) is 15.9. The molecular weight excluding hydrogens is 354 g/mol. The van der Waals surface area contributed by atoms with Gasteiger partial charge in [-0.05, 0) is 12.1 Å². The third-order valence-electron chi connectivity index (χ3n) is 2.42. The predicted octanol–water partition coefficient (Wildman–Crippen LogP) is 3.84. The topological polar surface area (TPSA) is 46.2 Å². The maximum absolute atomic E-state index is 13.5. The molecule has 0 radical (unpaired) electrons. The fourth-order valence-corrected chi connectivity index (χ4v) is 1.62. The molecule has 11 heteroatoms. The first-order chi connectivity index (χ1) is 8.85. The Labute approximate surface area is 125 Å². The largest absolute Gasteiger partial charge is 0.416 e. The fraction of sp³-hybridized carbons (Fsp3) is 0.400. The Bertz CT molecular complexity index is 503. The van der Waals surface area contributed by atoms with E-state index in [9.17, 15) is 30.7 Å². The van der Waals surface area contributed by atoms with Crippen LogP contribution in [-0.2, 0) is 6.18 Å². The monoisotopic (exact) mass is 361 g/mol. The van der Waals surface area contributed by atoms with Gasteiger partial charge >= 0.3 is 12.4 Å². The average molecular weight is 362 g/mol. The Balaban J connectivity index is 0.00000400. The molecule has 0 aliphatic rings. The third-order valence-corrected chi connectivity index (χ3v) is 2.69. The van der Waals surface area contributed by atoms with Crippen molar-refractivity contribution < 1.29 is 35.8 Å². The van der Waals surface area contributed by atoms with Crippen molar-refractivity contribution >= 4 is 24.0 Å². The number of aliphatic hydroxyl groups is 1. The van der Waals surface area contributed by atoms with Crippen LogP contribution in [0.5, 0.6) is 0 Å². The van der Waals surface area contributed by atoms with Gasteiger partial charge in [0, 0.05) is 5.56 Å². The molecule has 0 amide bonds. The highest BCUT2D eigenvalue weighted by molar-refractivity contribution is 6.30. The zero-order valence-corrected chi connectivity index (χ0v) is 11.3. The summed E-state index contributed by atoms with van der Waals surface area (Å²) in [7, 11) is 0. The van der Waals surface area contributed by atoms with E-state index < -0.39 is 46.5 Å². The highest BCUT2D eigenvalue weighted by Gasteiger charge is 2.44. The molecule has 2 atom stereocenters. The first-order valence-electron chi connectivity index (χ1n) is 4.92. The third kappa shape index (κ3) is 4.60. The molecule has 0 heterocycles. The molecule has 1 aromatic carbocycles. The van der Waals surface area contributed by atoms with Gasteiger partial charge in [0.2, 0.25) is 0 Å². The molecule has 3 N–H and O–H groups in total. The Morgan fingerprint density at radius 2 is 1.57 bits per heavy atom. The molecule has 0 saturated heterocycles. The minimum absolute atomic E-state index is 0. The summed E-state index contributed by atoms with van der Waals surface area (Å²) in [5.74, 6) is -1.55. The van der Waals surface area contributed by atoms with E-state index in [1.807, 2.05) is 0 Å². The average Bonchev–Trinajstić information content (AvgIpc) is 2.28. The van der Waals surface area contributed by atoms with Crippen molar-refractivity contribution in [2.45, 2.75) is 24.5 Å². The molecular formula is C10H8Cl2F7NO. The molecule has 21 heavy (non-hydrogen) atoms. The van der Waals surface area contributed by atoms with Crippen LogP contribution in [0.4, 0.5) is 30.7 Å². The highest BCUT2D eigenvalue weighted by Crippen LogP contribution is 2.37. The maximum atomic E-state index is 13.5. The summed E-state index contributed by atoms with van der Waals surface area (Å²) in [6, 6.07) is -2.14. The van der Waals surface area contributed by atoms with Gasteiger partial charge in [0.1, 0.15) is 5.82 Å². The number of hydrogen-bond acceptors (Lipinski definition) is 2. The normalized spacial score (nSPS) is 15.3. The summed E-state index contributed by atoms with van der Waals surface area (Å²) in [5, 5.41) is 7.83. The lowest BCUT2D eigenvalue weighted by molar-refractivity contribution is -0.210. The lowest BCUT2D eigenvalue weighted by Gasteiger charge is -2.23. The first kappa shape index (κ1) is 20.2. The van der Waals surface area contributed by atoms with Gasteiger partial charge in [-0.2, -0.15) is 26.3 Å². The summed E-state index contributed by atoms with van der Waals surface area (Å²) < 4.78 is 87.7. The predicted molar refractivity (Wildman–Crippen MR) is 62.7 cm³/mol. The summed E-state index contributed by atoms with van der Waals surface area (Å²) in [6.45, 7) is 0. The summed E-state index contributed by atoms with van der Waals surface area (Å²) in [4.78, 5) is 0. The van der Waals surface area contributed by atoms with Gasteiger partial charge < -0.3 is 10.8 Å². The second kappa shape index (κ2) is 6.55. The Morgan fingerprint density at radius 3 is 1.95 bits per heavy atom. The minimum Gasteiger partial charge on any atom is -0.382 e. The number of halogens is 9. The molecule has 0 spiro atoms. The van der Waals surface area contributed by atoms with Crippen molar-refractivity contribution in [2.75, 3.05) is 0 Å². The van der Waals surface area contributed by atoms with E-state index in [1.54, 1.807) is 0 Å². The van der Waals surface area contributed by atoms with Crippen molar-refractivity contribution in [3.8, 4) is 0 Å². The smallest absolute Gasteiger partial charge is 0.382 e. The fourth-order valence-electron chi connectivity index (χ4n) is 1.39. The standard InChI is InChI=1S/C10H7ClF7NO.ClH/c11-5-2-3(9(13,14)15)1-4(6(5)12)7(19)8(20)10(16,17)18;/h1-2,7-8,20H,19H2;1H/t7-,8-;/m0./s1. The molecule has 2 nitrogen and oxygen atoms in total. The van der Waals surface area contributed by atoms with Gasteiger partial charge in [-0.3, -0.25) is 0 Å². The molecule has 0 aromatic heterocycles. The molecule has 1 aromatic rings. The van der Waals surface area contributed by atoms with E-state index in [4.69, 9.17) is 22.4 Å². The van der Waals surface area contributed by atoms with Gasteiger partial charge in [-0.1, -0.05) is 11.6 Å². The van der Waals surface area contributed by atoms with Crippen LogP contribution in [0.3, 0.4) is 0 Å². The molecule has 0 aliphatic heterocycles. The van der Waals surface area contributed by atoms with Crippen LogP contribution in [-0.4, -0.2) is 17.4 Å². The van der Waals surface area contributed by atoms with Crippen molar-refractivity contribution in [1.29, 1.82) is 0 Å². The molecule has 0 bridgehead atoms. The molecule has 0 aliphatic carbocycles. The Kier molecular flexibility index (Phi) is 6.31. The number of nitrogens with two attached hydrogens (primary N) is 1. The van der Waals surface area contributed by atoms with E-state index in [0.717, 1.165) is 0 Å². The van der Waals surface area contributed by atoms with Crippen LogP contribution >= 0.6 is 24.0 Å². The lowest BCUT2D eigenvalue weighted by atomic mass is 9.99. The minimum atomic E-state index is -5.22. The number of hydrogen-bond donors (Lipinski definition) is 2. The van der Waals surface area contributed by atoms with E-state index in [0.29, 0.717) is 0 Å². The van der Waals surface area contributed by atoms with Gasteiger partial charge in [-0.25, -0.2) is 4.39 Å². The van der Waals surface area contributed by atoms with Crippen LogP contribution in [0.2, 0.25) is 5.02 Å². The van der Waals surface area contributed by atoms with Crippen molar-refractivity contribution in [1.82, 2.24) is 0 Å². The molecule has 122 valence electrons. The van der Waals surface area contributed by atoms with Crippen LogP contribution in [0.1, 0.15) is 17.2 Å². The first-order valence-corrected chi connectivity index (χ1v) is 5.30. The van der Waals surface area contributed by atoms with Crippen LogP contribution in [0.15, 0.2) is 12.1 Å². The summed E-state index contributed by atoms with van der Waals surface area (Å²) in [6.07, 6.45) is -13.4. The van der Waals surface area contributed by atoms with E-state index in [1.165, 1.54) is 0 Å².